The van der Waals surface area contributed by atoms with Gasteiger partial charge in [0.15, 0.2) is 0 Å². The molecule has 0 aliphatic heterocycles. The second-order valence-corrected chi connectivity index (χ2v) is 8.78. The SMILES string of the molecule is C=CC(=O)Nc1cccc(Nc2ncc(NC(=O)c3cc(NC(=O)c4cccc(C(F)(F)F)c4)ccc3Cl)cn2)c1. The van der Waals surface area contributed by atoms with Gasteiger partial charge in [-0.2, -0.15) is 13.2 Å². The van der Waals surface area contributed by atoms with Gasteiger partial charge in [-0.3, -0.25) is 14.4 Å². The van der Waals surface area contributed by atoms with E-state index in [2.05, 4.69) is 37.8 Å². The Morgan fingerprint density at radius 2 is 1.44 bits per heavy atom. The zero-order chi connectivity index (χ0) is 29.6. The average molecular weight is 581 g/mol. The lowest BCUT2D eigenvalue weighted by Gasteiger charge is -2.12. The predicted octanol–water partition coefficient (Wildman–Crippen LogP) is 6.52. The third-order valence-corrected chi connectivity index (χ3v) is 5.73. The number of hydrogen-bond donors (Lipinski definition) is 4. The molecule has 1 aromatic heterocycles. The number of nitrogens with zero attached hydrogens (tertiary/aromatic N) is 2. The molecule has 13 heteroatoms. The second-order valence-electron chi connectivity index (χ2n) is 8.38. The number of rotatable bonds is 8. The van der Waals surface area contributed by atoms with Crippen molar-refractivity contribution < 1.29 is 27.6 Å². The van der Waals surface area contributed by atoms with Crippen LogP contribution in [0.25, 0.3) is 0 Å². The smallest absolute Gasteiger partial charge is 0.324 e. The van der Waals surface area contributed by atoms with Gasteiger partial charge in [0, 0.05) is 22.6 Å². The normalized spacial score (nSPS) is 10.8. The average Bonchev–Trinajstić information content (AvgIpc) is 2.94. The summed E-state index contributed by atoms with van der Waals surface area (Å²) in [6, 6.07) is 14.8. The number of carbonyl (C=O) groups excluding carboxylic acids is 3. The van der Waals surface area contributed by atoms with E-state index >= 15 is 0 Å². The van der Waals surface area contributed by atoms with Gasteiger partial charge in [0.2, 0.25) is 11.9 Å². The molecule has 1 heterocycles. The Hall–Kier alpha value is -5.23. The van der Waals surface area contributed by atoms with Gasteiger partial charge in [0.1, 0.15) is 0 Å². The van der Waals surface area contributed by atoms with Crippen molar-refractivity contribution in [1.82, 2.24) is 9.97 Å². The summed E-state index contributed by atoms with van der Waals surface area (Å²) in [6.07, 6.45) is -0.751. The first-order valence-corrected chi connectivity index (χ1v) is 12.1. The molecule has 4 rings (SSSR count). The summed E-state index contributed by atoms with van der Waals surface area (Å²) < 4.78 is 39.0. The third-order valence-electron chi connectivity index (χ3n) is 5.40. The Bertz CT molecular complexity index is 1630. The predicted molar refractivity (Wildman–Crippen MR) is 149 cm³/mol. The van der Waals surface area contributed by atoms with Crippen LogP contribution in [-0.2, 0) is 11.0 Å². The van der Waals surface area contributed by atoms with Crippen LogP contribution in [-0.4, -0.2) is 27.7 Å². The van der Waals surface area contributed by atoms with E-state index < -0.39 is 23.6 Å². The number of carbonyl (C=O) groups is 3. The number of benzene rings is 3. The molecule has 0 aliphatic carbocycles. The standard InChI is InChI=1S/C28H20ClF3N6O3/c1-2-24(39)35-18-7-4-8-19(12-18)38-27-33-14-21(15-34-27)37-26(41)22-13-20(9-10-23(22)29)36-25(40)16-5-3-6-17(11-16)28(30,31)32/h2-15H,1H2,(H,35,39)(H,36,40)(H,37,41)(H,33,34,38). The molecule has 0 atom stereocenters. The maximum atomic E-state index is 13.0. The summed E-state index contributed by atoms with van der Waals surface area (Å²) in [5.74, 6) is -1.58. The van der Waals surface area contributed by atoms with Gasteiger partial charge in [-0.25, -0.2) is 9.97 Å². The van der Waals surface area contributed by atoms with Crippen LogP contribution in [0.15, 0.2) is 91.8 Å². The van der Waals surface area contributed by atoms with Gasteiger partial charge < -0.3 is 21.3 Å². The number of aromatic nitrogens is 2. The van der Waals surface area contributed by atoms with Gasteiger partial charge in [0.05, 0.1) is 34.2 Å². The summed E-state index contributed by atoms with van der Waals surface area (Å²) in [5.41, 5.74) is 0.337. The molecule has 0 radical (unpaired) electrons. The van der Waals surface area contributed by atoms with E-state index in [0.29, 0.717) is 11.4 Å². The van der Waals surface area contributed by atoms with Crippen LogP contribution in [0.5, 0.6) is 0 Å². The van der Waals surface area contributed by atoms with Crippen molar-refractivity contribution in [2.45, 2.75) is 6.18 Å². The van der Waals surface area contributed by atoms with Crippen molar-refractivity contribution in [3.63, 3.8) is 0 Å². The minimum atomic E-state index is -4.60. The quantitative estimate of drug-likeness (QED) is 0.176. The lowest BCUT2D eigenvalue weighted by Crippen LogP contribution is -2.16. The molecule has 208 valence electrons. The second kappa shape index (κ2) is 12.3. The fourth-order valence-corrected chi connectivity index (χ4v) is 3.67. The molecule has 0 aliphatic rings. The van der Waals surface area contributed by atoms with Crippen molar-refractivity contribution in [3.8, 4) is 0 Å². The fourth-order valence-electron chi connectivity index (χ4n) is 3.47. The first-order chi connectivity index (χ1) is 19.5. The van der Waals surface area contributed by atoms with Gasteiger partial charge in [0.25, 0.3) is 11.8 Å². The highest BCUT2D eigenvalue weighted by Crippen LogP contribution is 2.30. The Morgan fingerprint density at radius 3 is 2.15 bits per heavy atom. The van der Waals surface area contributed by atoms with Gasteiger partial charge in [-0.1, -0.05) is 30.3 Å². The molecule has 4 aromatic rings. The first-order valence-electron chi connectivity index (χ1n) is 11.7. The molecular formula is C28H20ClF3N6O3. The van der Waals surface area contributed by atoms with Gasteiger partial charge in [-0.05, 0) is 60.7 Å². The third kappa shape index (κ3) is 7.67. The summed E-state index contributed by atoms with van der Waals surface area (Å²) in [5, 5.41) is 10.7. The van der Waals surface area contributed by atoms with E-state index in [1.807, 2.05) is 0 Å². The van der Waals surface area contributed by atoms with Crippen LogP contribution in [0.4, 0.5) is 41.9 Å². The highest BCUT2D eigenvalue weighted by molar-refractivity contribution is 6.34. The molecular weight excluding hydrogens is 561 g/mol. The Kier molecular flexibility index (Phi) is 8.63. The van der Waals surface area contributed by atoms with Crippen LogP contribution in [0.2, 0.25) is 5.02 Å². The van der Waals surface area contributed by atoms with Gasteiger partial charge in [-0.15, -0.1) is 0 Å². The maximum absolute atomic E-state index is 13.0. The minimum Gasteiger partial charge on any atom is -0.324 e. The van der Waals surface area contributed by atoms with E-state index in [-0.39, 0.29) is 39.4 Å². The largest absolute Gasteiger partial charge is 0.416 e. The fraction of sp³-hybridized carbons (Fsp3) is 0.0357. The molecule has 3 amide bonds. The number of amides is 3. The Balaban J connectivity index is 1.41. The molecule has 0 saturated heterocycles. The van der Waals surface area contributed by atoms with Crippen molar-refractivity contribution in [2.24, 2.45) is 0 Å². The van der Waals surface area contributed by atoms with Crippen LogP contribution >= 0.6 is 11.6 Å². The zero-order valence-corrected chi connectivity index (χ0v) is 21.7. The highest BCUT2D eigenvalue weighted by Gasteiger charge is 2.31. The van der Waals surface area contributed by atoms with Crippen LogP contribution < -0.4 is 21.3 Å². The summed E-state index contributed by atoms with van der Waals surface area (Å²) in [6.45, 7) is 3.40. The van der Waals surface area contributed by atoms with Crippen molar-refractivity contribution >= 4 is 58.0 Å². The number of halogens is 4. The van der Waals surface area contributed by atoms with Crippen molar-refractivity contribution in [2.75, 3.05) is 21.3 Å². The van der Waals surface area contributed by atoms with E-state index in [1.165, 1.54) is 36.7 Å². The summed E-state index contributed by atoms with van der Waals surface area (Å²) in [7, 11) is 0. The first kappa shape index (κ1) is 28.8. The molecule has 3 aromatic carbocycles. The number of anilines is 5. The van der Waals surface area contributed by atoms with Crippen LogP contribution in [0, 0.1) is 0 Å². The van der Waals surface area contributed by atoms with Crippen molar-refractivity contribution in [1.29, 1.82) is 0 Å². The van der Waals surface area contributed by atoms with E-state index in [9.17, 15) is 27.6 Å². The Labute approximate surface area is 236 Å². The summed E-state index contributed by atoms with van der Waals surface area (Å²) >= 11 is 6.18. The van der Waals surface area contributed by atoms with E-state index in [4.69, 9.17) is 11.6 Å². The Morgan fingerprint density at radius 1 is 0.780 bits per heavy atom. The van der Waals surface area contributed by atoms with Crippen molar-refractivity contribution in [3.05, 3.63) is 113 Å². The monoisotopic (exact) mass is 580 g/mol. The van der Waals surface area contributed by atoms with E-state index in [1.54, 1.807) is 24.3 Å². The number of alkyl halides is 3. The molecule has 0 unspecified atom stereocenters. The number of nitrogens with one attached hydrogen (secondary N) is 4. The van der Waals surface area contributed by atoms with Crippen LogP contribution in [0.1, 0.15) is 26.3 Å². The van der Waals surface area contributed by atoms with E-state index in [0.717, 1.165) is 24.3 Å². The molecule has 0 spiro atoms. The minimum absolute atomic E-state index is 0.00547. The molecule has 0 fully saturated rings. The summed E-state index contributed by atoms with van der Waals surface area (Å²) in [4.78, 5) is 45.2. The molecule has 0 bridgehead atoms. The number of hydrogen-bond acceptors (Lipinski definition) is 6. The zero-order valence-electron chi connectivity index (χ0n) is 20.9. The molecule has 4 N–H and O–H groups in total. The molecule has 41 heavy (non-hydrogen) atoms. The topological polar surface area (TPSA) is 125 Å². The lowest BCUT2D eigenvalue weighted by atomic mass is 10.1. The maximum Gasteiger partial charge on any atom is 0.416 e. The lowest BCUT2D eigenvalue weighted by molar-refractivity contribution is -0.137. The molecule has 0 saturated carbocycles. The molecule has 9 nitrogen and oxygen atoms in total. The van der Waals surface area contributed by atoms with Crippen LogP contribution in [0.3, 0.4) is 0 Å². The highest BCUT2D eigenvalue weighted by atomic mass is 35.5. The van der Waals surface area contributed by atoms with Gasteiger partial charge >= 0.3 is 6.18 Å².